The van der Waals surface area contributed by atoms with Crippen LogP contribution in [0.1, 0.15) is 0 Å². The molecule has 84 valence electrons. The van der Waals surface area contributed by atoms with E-state index in [0.717, 1.165) is 21.5 Å². The van der Waals surface area contributed by atoms with E-state index < -0.39 is 0 Å². The lowest BCUT2D eigenvalue weighted by Crippen LogP contribution is -2.30. The summed E-state index contributed by atoms with van der Waals surface area (Å²) in [6, 6.07) is 16.2. The predicted octanol–water partition coefficient (Wildman–Crippen LogP) is 3.56. The van der Waals surface area contributed by atoms with Crippen molar-refractivity contribution in [3.63, 3.8) is 0 Å². The molecule has 2 aromatic carbocycles. The van der Waals surface area contributed by atoms with Gasteiger partial charge < -0.3 is 0 Å². The summed E-state index contributed by atoms with van der Waals surface area (Å²) < 4.78 is 2.91. The first-order valence-corrected chi connectivity index (χ1v) is 6.07. The number of hydrazine groups is 2. The number of rotatable bonds is 1. The first kappa shape index (κ1) is 10.4. The van der Waals surface area contributed by atoms with Gasteiger partial charge in [-0.1, -0.05) is 37.9 Å². The molecule has 0 saturated carbocycles. The van der Waals surface area contributed by atoms with Crippen LogP contribution in [0.15, 0.2) is 53.0 Å². The van der Waals surface area contributed by atoms with Crippen molar-refractivity contribution >= 4 is 39.7 Å². The fraction of sp³-hybridized carbons (Fsp3) is 0. The average molecular weight is 289 g/mol. The minimum Gasteiger partial charge on any atom is -0.239 e. The molecule has 0 spiro atoms. The molecule has 3 rings (SSSR count). The van der Waals surface area contributed by atoms with Crippen molar-refractivity contribution in [1.29, 1.82) is 0 Å². The number of halogens is 1. The molecule has 0 aliphatic carbocycles. The summed E-state index contributed by atoms with van der Waals surface area (Å²) in [6.07, 6.45) is 0. The highest BCUT2D eigenvalue weighted by atomic mass is 79.9. The summed E-state index contributed by atoms with van der Waals surface area (Å²) in [4.78, 5) is 0. The molecule has 3 nitrogen and oxygen atoms in total. The normalized spacial score (nSPS) is 13.5. The highest BCUT2D eigenvalue weighted by Gasteiger charge is 2.30. The van der Waals surface area contributed by atoms with Gasteiger partial charge in [-0.2, -0.15) is 0 Å². The molecule has 0 aromatic heterocycles. The van der Waals surface area contributed by atoms with Crippen LogP contribution in [-0.4, -0.2) is 11.4 Å². The molecule has 0 fully saturated rings. The Morgan fingerprint density at radius 1 is 1.06 bits per heavy atom. The Kier molecular flexibility index (Phi) is 2.37. The molecular weight excluding hydrogens is 278 g/mol. The molecule has 1 N–H and O–H groups in total. The van der Waals surface area contributed by atoms with Crippen LogP contribution in [0.3, 0.4) is 0 Å². The second-order valence-electron chi connectivity index (χ2n) is 3.82. The van der Waals surface area contributed by atoms with Crippen LogP contribution in [0.4, 0.5) is 17.1 Å². The Morgan fingerprint density at radius 3 is 2.47 bits per heavy atom. The maximum atomic E-state index is 4.04. The smallest absolute Gasteiger partial charge is 0.239 e. The molecule has 0 radical (unpaired) electrons. The van der Waals surface area contributed by atoms with Crippen molar-refractivity contribution in [3.05, 3.63) is 53.0 Å². The van der Waals surface area contributed by atoms with Crippen molar-refractivity contribution in [2.45, 2.75) is 0 Å². The van der Waals surface area contributed by atoms with E-state index in [0.29, 0.717) is 0 Å². The SMILES string of the molecule is C=[N+]1c2ccccc2NN1c1ccc(Br)cc1. The van der Waals surface area contributed by atoms with Crippen LogP contribution < -0.4 is 10.5 Å². The number of nitrogens with zero attached hydrogens (tertiary/aromatic N) is 2. The fourth-order valence-electron chi connectivity index (χ4n) is 1.86. The quantitative estimate of drug-likeness (QED) is 0.809. The number of hydrazone groups is 1. The van der Waals surface area contributed by atoms with Gasteiger partial charge in [-0.3, -0.25) is 0 Å². The number of nitrogens with one attached hydrogen (secondary N) is 1. The van der Waals surface area contributed by atoms with Crippen LogP contribution in [-0.2, 0) is 0 Å². The summed E-state index contributed by atoms with van der Waals surface area (Å²) in [5, 5.41) is 1.91. The van der Waals surface area contributed by atoms with Gasteiger partial charge in [0.1, 0.15) is 11.4 Å². The fourth-order valence-corrected chi connectivity index (χ4v) is 2.13. The predicted molar refractivity (Wildman–Crippen MR) is 73.7 cm³/mol. The number of hydrogen-bond donors (Lipinski definition) is 1. The molecule has 1 aliphatic heterocycles. The third-order valence-corrected chi connectivity index (χ3v) is 3.25. The van der Waals surface area contributed by atoms with Crippen molar-refractivity contribution < 1.29 is 4.68 Å². The number of anilines is 2. The Labute approximate surface area is 108 Å². The minimum atomic E-state index is 1.04. The molecule has 0 unspecified atom stereocenters. The Bertz CT molecular complexity index is 577. The van der Waals surface area contributed by atoms with Gasteiger partial charge in [-0.15, -0.1) is 0 Å². The molecule has 1 aliphatic rings. The molecule has 4 heteroatoms. The summed E-state index contributed by atoms with van der Waals surface area (Å²) >= 11 is 3.43. The third kappa shape index (κ3) is 1.70. The van der Waals surface area contributed by atoms with Crippen LogP contribution in [0.2, 0.25) is 0 Å². The van der Waals surface area contributed by atoms with Crippen molar-refractivity contribution in [2.75, 3.05) is 10.5 Å². The average Bonchev–Trinajstić information content (AvgIpc) is 2.69. The molecule has 0 bridgehead atoms. The number of para-hydroxylation sites is 2. The van der Waals surface area contributed by atoms with E-state index >= 15 is 0 Å². The van der Waals surface area contributed by atoms with Crippen LogP contribution in [0, 0.1) is 0 Å². The van der Waals surface area contributed by atoms with E-state index in [4.69, 9.17) is 0 Å². The highest BCUT2D eigenvalue weighted by Crippen LogP contribution is 2.33. The van der Waals surface area contributed by atoms with Gasteiger partial charge in [0.05, 0.1) is 0 Å². The van der Waals surface area contributed by atoms with Crippen molar-refractivity contribution in [2.24, 2.45) is 0 Å². The standard InChI is InChI=1S/C13H11BrN3/c1-16-13-5-3-2-4-12(13)15-17(16)11-8-6-10(14)7-9-11/h2-9,15H,1H2/q+1. The first-order valence-electron chi connectivity index (χ1n) is 5.27. The summed E-state index contributed by atoms with van der Waals surface area (Å²) in [6.45, 7) is 4.04. The van der Waals surface area contributed by atoms with Gasteiger partial charge in [0.2, 0.25) is 0 Å². The molecular formula is C13H11BrN3+. The van der Waals surface area contributed by atoms with Gasteiger partial charge >= 0.3 is 0 Å². The highest BCUT2D eigenvalue weighted by molar-refractivity contribution is 9.10. The number of hydrogen-bond acceptors (Lipinski definition) is 2. The van der Waals surface area contributed by atoms with Crippen molar-refractivity contribution in [3.8, 4) is 0 Å². The lowest BCUT2D eigenvalue weighted by atomic mass is 10.3. The summed E-state index contributed by atoms with van der Waals surface area (Å²) in [5.74, 6) is 0. The van der Waals surface area contributed by atoms with Crippen LogP contribution in [0.5, 0.6) is 0 Å². The van der Waals surface area contributed by atoms with Crippen LogP contribution in [0.25, 0.3) is 0 Å². The van der Waals surface area contributed by atoms with E-state index in [9.17, 15) is 0 Å². The topological polar surface area (TPSA) is 18.3 Å². The maximum absolute atomic E-state index is 4.04. The van der Waals surface area contributed by atoms with Gasteiger partial charge in [0.25, 0.3) is 5.69 Å². The van der Waals surface area contributed by atoms with Crippen molar-refractivity contribution in [1.82, 2.24) is 0 Å². The Hall–Kier alpha value is -1.81. The van der Waals surface area contributed by atoms with E-state index in [1.807, 2.05) is 58.3 Å². The largest absolute Gasteiger partial charge is 0.262 e. The number of benzene rings is 2. The lowest BCUT2D eigenvalue weighted by Gasteiger charge is -2.11. The van der Waals surface area contributed by atoms with Gasteiger partial charge in [0, 0.05) is 10.5 Å². The number of fused-ring (bicyclic) bond motifs is 1. The monoisotopic (exact) mass is 288 g/mol. The molecule has 0 saturated heterocycles. The Balaban J connectivity index is 1.99. The molecule has 1 heterocycles. The minimum absolute atomic E-state index is 1.04. The molecule has 2 aromatic rings. The van der Waals surface area contributed by atoms with E-state index in [2.05, 4.69) is 28.1 Å². The second kappa shape index (κ2) is 3.89. The molecule has 0 amide bonds. The van der Waals surface area contributed by atoms with E-state index in [1.54, 1.807) is 0 Å². The maximum Gasteiger partial charge on any atom is 0.262 e. The zero-order valence-electron chi connectivity index (χ0n) is 9.10. The lowest BCUT2D eigenvalue weighted by molar-refractivity contribution is -0.432. The van der Waals surface area contributed by atoms with Gasteiger partial charge in [-0.05, 0) is 30.3 Å². The van der Waals surface area contributed by atoms with E-state index in [-0.39, 0.29) is 0 Å². The summed E-state index contributed by atoms with van der Waals surface area (Å²) in [5.41, 5.74) is 6.47. The van der Waals surface area contributed by atoms with Gasteiger partial charge in [0.15, 0.2) is 6.72 Å². The molecule has 17 heavy (non-hydrogen) atoms. The second-order valence-corrected chi connectivity index (χ2v) is 4.73. The molecule has 0 atom stereocenters. The van der Waals surface area contributed by atoms with Crippen LogP contribution >= 0.6 is 15.9 Å². The zero-order chi connectivity index (χ0) is 11.8. The summed E-state index contributed by atoms with van der Waals surface area (Å²) in [7, 11) is 0. The van der Waals surface area contributed by atoms with E-state index in [1.165, 1.54) is 0 Å². The Morgan fingerprint density at radius 2 is 1.76 bits per heavy atom. The zero-order valence-corrected chi connectivity index (χ0v) is 10.7. The van der Waals surface area contributed by atoms with Gasteiger partial charge in [-0.25, -0.2) is 5.43 Å². The first-order chi connectivity index (χ1) is 8.25. The third-order valence-electron chi connectivity index (χ3n) is 2.72.